The van der Waals surface area contributed by atoms with Gasteiger partial charge in [0, 0.05) is 7.11 Å². The van der Waals surface area contributed by atoms with Gasteiger partial charge in [-0.1, -0.05) is 60.7 Å². The van der Waals surface area contributed by atoms with Crippen molar-refractivity contribution in [2.45, 2.75) is 37.8 Å². The molecule has 2 aromatic carbocycles. The number of aliphatic hydroxyl groups is 1. The molecule has 3 rings (SSSR count). The molecule has 1 saturated heterocycles. The van der Waals surface area contributed by atoms with Gasteiger partial charge in [-0.25, -0.2) is 0 Å². The average molecular weight is 344 g/mol. The molecule has 0 saturated carbocycles. The van der Waals surface area contributed by atoms with Crippen molar-refractivity contribution >= 4 is 0 Å². The zero-order valence-corrected chi connectivity index (χ0v) is 14.3. The Hall–Kier alpha value is -1.76. The van der Waals surface area contributed by atoms with Crippen LogP contribution in [0.25, 0.3) is 0 Å². The molecule has 5 nitrogen and oxygen atoms in total. The average Bonchev–Trinajstić information content (AvgIpc) is 2.67. The zero-order chi connectivity index (χ0) is 17.5. The summed E-state index contributed by atoms with van der Waals surface area (Å²) in [7, 11) is 1.54. The topological polar surface area (TPSA) is 57.2 Å². The summed E-state index contributed by atoms with van der Waals surface area (Å²) in [5.74, 6) is 0. The Morgan fingerprint density at radius 2 is 1.48 bits per heavy atom. The molecule has 1 fully saturated rings. The van der Waals surface area contributed by atoms with Crippen molar-refractivity contribution in [1.29, 1.82) is 0 Å². The zero-order valence-electron chi connectivity index (χ0n) is 14.3. The third-order valence-corrected chi connectivity index (χ3v) is 4.24. The van der Waals surface area contributed by atoms with Crippen molar-refractivity contribution in [3.8, 4) is 0 Å². The highest BCUT2D eigenvalue weighted by Crippen LogP contribution is 2.23. The van der Waals surface area contributed by atoms with Gasteiger partial charge in [0.15, 0.2) is 6.29 Å². The Bertz CT molecular complexity index is 618. The highest BCUT2D eigenvalue weighted by atomic mass is 16.7. The van der Waals surface area contributed by atoms with E-state index >= 15 is 0 Å². The maximum atomic E-state index is 10.7. The van der Waals surface area contributed by atoms with Gasteiger partial charge in [-0.15, -0.1) is 0 Å². The molecule has 1 aliphatic rings. The summed E-state index contributed by atoms with van der Waals surface area (Å²) in [5.41, 5.74) is 2.07. The molecule has 0 bridgehead atoms. The van der Waals surface area contributed by atoms with Gasteiger partial charge >= 0.3 is 0 Å². The van der Waals surface area contributed by atoms with Gasteiger partial charge in [0.1, 0.15) is 18.3 Å². The molecular formula is C20H24O5. The van der Waals surface area contributed by atoms with Crippen LogP contribution in [0.2, 0.25) is 0 Å². The molecule has 1 aliphatic heterocycles. The molecule has 1 heterocycles. The highest BCUT2D eigenvalue weighted by Gasteiger charge is 2.41. The van der Waals surface area contributed by atoms with Gasteiger partial charge in [0.2, 0.25) is 0 Å². The predicted molar refractivity (Wildman–Crippen MR) is 92.8 cm³/mol. The molecule has 0 amide bonds. The van der Waals surface area contributed by atoms with Crippen molar-refractivity contribution in [2.75, 3.05) is 13.7 Å². The predicted octanol–water partition coefficient (Wildman–Crippen LogP) is 2.52. The van der Waals surface area contributed by atoms with E-state index in [1.165, 1.54) is 0 Å². The van der Waals surface area contributed by atoms with E-state index in [9.17, 15) is 5.11 Å². The normalized spacial score (nSPS) is 26.5. The van der Waals surface area contributed by atoms with E-state index < -0.39 is 24.6 Å². The number of rotatable bonds is 7. The van der Waals surface area contributed by atoms with Gasteiger partial charge in [0.25, 0.3) is 0 Å². The molecular weight excluding hydrogens is 320 g/mol. The van der Waals surface area contributed by atoms with Crippen LogP contribution in [-0.2, 0) is 32.2 Å². The monoisotopic (exact) mass is 344 g/mol. The third kappa shape index (κ3) is 4.87. The van der Waals surface area contributed by atoms with Crippen molar-refractivity contribution in [3.63, 3.8) is 0 Å². The SMILES string of the molecule is CO[C@H]1OC[C@@H](OCc2ccccc2)[C@H](O)[C@H]1OCc1ccccc1. The maximum absolute atomic E-state index is 10.7. The Balaban J connectivity index is 1.59. The lowest BCUT2D eigenvalue weighted by Crippen LogP contribution is -2.55. The molecule has 0 unspecified atom stereocenters. The van der Waals surface area contributed by atoms with Crippen molar-refractivity contribution < 1.29 is 24.1 Å². The number of ether oxygens (including phenoxy) is 4. The summed E-state index contributed by atoms with van der Waals surface area (Å²) in [5, 5.41) is 10.7. The highest BCUT2D eigenvalue weighted by molar-refractivity contribution is 5.14. The third-order valence-electron chi connectivity index (χ3n) is 4.24. The maximum Gasteiger partial charge on any atom is 0.186 e. The van der Waals surface area contributed by atoms with E-state index in [2.05, 4.69) is 0 Å². The van der Waals surface area contributed by atoms with Crippen LogP contribution in [0.3, 0.4) is 0 Å². The Morgan fingerprint density at radius 3 is 2.04 bits per heavy atom. The lowest BCUT2D eigenvalue weighted by Gasteiger charge is -2.39. The lowest BCUT2D eigenvalue weighted by molar-refractivity contribution is -0.283. The largest absolute Gasteiger partial charge is 0.387 e. The standard InChI is InChI=1S/C20H24O5/c1-22-20-19(24-13-16-10-6-3-7-11-16)18(21)17(14-25-20)23-12-15-8-4-2-5-9-15/h2-11,17-21H,12-14H2,1H3/t17-,18+,19-,20+/m1/s1. The number of benzene rings is 2. The first-order valence-corrected chi connectivity index (χ1v) is 8.41. The quantitative estimate of drug-likeness (QED) is 0.836. The molecule has 25 heavy (non-hydrogen) atoms. The van der Waals surface area contributed by atoms with Gasteiger partial charge in [0.05, 0.1) is 19.8 Å². The smallest absolute Gasteiger partial charge is 0.186 e. The van der Waals surface area contributed by atoms with E-state index in [1.54, 1.807) is 7.11 Å². The fourth-order valence-corrected chi connectivity index (χ4v) is 2.83. The van der Waals surface area contributed by atoms with Crippen molar-refractivity contribution in [3.05, 3.63) is 71.8 Å². The first-order valence-electron chi connectivity index (χ1n) is 8.41. The number of hydrogen-bond donors (Lipinski definition) is 1. The molecule has 0 aromatic heterocycles. The molecule has 0 aliphatic carbocycles. The number of methoxy groups -OCH3 is 1. The molecule has 134 valence electrons. The number of aliphatic hydroxyl groups excluding tert-OH is 1. The van der Waals surface area contributed by atoms with Gasteiger partial charge in [-0.3, -0.25) is 0 Å². The minimum Gasteiger partial charge on any atom is -0.387 e. The van der Waals surface area contributed by atoms with Gasteiger partial charge < -0.3 is 24.1 Å². The Morgan fingerprint density at radius 1 is 0.920 bits per heavy atom. The fourth-order valence-electron chi connectivity index (χ4n) is 2.83. The second kappa shape index (κ2) is 9.08. The molecule has 0 radical (unpaired) electrons. The van der Waals surface area contributed by atoms with Crippen LogP contribution in [0, 0.1) is 0 Å². The van der Waals surface area contributed by atoms with E-state index in [0.717, 1.165) is 11.1 Å². The lowest BCUT2D eigenvalue weighted by atomic mass is 10.0. The molecule has 4 atom stereocenters. The Kier molecular flexibility index (Phi) is 6.55. The minimum absolute atomic E-state index is 0.262. The number of hydrogen-bond acceptors (Lipinski definition) is 5. The van der Waals surface area contributed by atoms with Crippen LogP contribution in [0.1, 0.15) is 11.1 Å². The fraction of sp³-hybridized carbons (Fsp3) is 0.400. The molecule has 2 aromatic rings. The van der Waals surface area contributed by atoms with E-state index in [1.807, 2.05) is 60.7 Å². The Labute approximate surface area is 148 Å². The molecule has 1 N–H and O–H groups in total. The van der Waals surface area contributed by atoms with E-state index in [-0.39, 0.29) is 6.61 Å². The minimum atomic E-state index is -0.828. The van der Waals surface area contributed by atoms with Crippen LogP contribution < -0.4 is 0 Å². The van der Waals surface area contributed by atoms with E-state index in [4.69, 9.17) is 18.9 Å². The van der Waals surface area contributed by atoms with Crippen molar-refractivity contribution in [2.24, 2.45) is 0 Å². The van der Waals surface area contributed by atoms with Crippen LogP contribution in [0.15, 0.2) is 60.7 Å². The second-order valence-electron chi connectivity index (χ2n) is 6.02. The van der Waals surface area contributed by atoms with Gasteiger partial charge in [-0.2, -0.15) is 0 Å². The summed E-state index contributed by atoms with van der Waals surface area (Å²) in [6.45, 7) is 1.05. The summed E-state index contributed by atoms with van der Waals surface area (Å²) in [4.78, 5) is 0. The summed E-state index contributed by atoms with van der Waals surface area (Å²) < 4.78 is 22.7. The first-order chi connectivity index (χ1) is 12.3. The van der Waals surface area contributed by atoms with Crippen LogP contribution >= 0.6 is 0 Å². The van der Waals surface area contributed by atoms with Crippen LogP contribution in [0.5, 0.6) is 0 Å². The van der Waals surface area contributed by atoms with Crippen LogP contribution in [-0.4, -0.2) is 43.4 Å². The second-order valence-corrected chi connectivity index (χ2v) is 6.02. The summed E-state index contributed by atoms with van der Waals surface area (Å²) >= 11 is 0. The molecule has 5 heteroatoms. The van der Waals surface area contributed by atoms with Gasteiger partial charge in [-0.05, 0) is 11.1 Å². The van der Waals surface area contributed by atoms with E-state index in [0.29, 0.717) is 13.2 Å². The summed E-state index contributed by atoms with van der Waals surface area (Å²) in [6.07, 6.45) is -2.52. The molecule has 0 spiro atoms. The summed E-state index contributed by atoms with van der Waals surface area (Å²) in [6, 6.07) is 19.6. The van der Waals surface area contributed by atoms with Crippen molar-refractivity contribution in [1.82, 2.24) is 0 Å². The van der Waals surface area contributed by atoms with Crippen LogP contribution in [0.4, 0.5) is 0 Å². The first kappa shape index (κ1) is 18.0.